The lowest BCUT2D eigenvalue weighted by Crippen LogP contribution is -2.63. The third-order valence-corrected chi connectivity index (χ3v) is 3.58. The lowest BCUT2D eigenvalue weighted by molar-refractivity contribution is -0.164. The Morgan fingerprint density at radius 1 is 0.737 bits per heavy atom. The highest BCUT2D eigenvalue weighted by Gasteiger charge is 2.51. The first kappa shape index (κ1) is 13.2. The summed E-state index contributed by atoms with van der Waals surface area (Å²) in [6, 6.07) is 0. The van der Waals surface area contributed by atoms with Gasteiger partial charge in [-0.05, 0) is 12.8 Å². The molecule has 2 aliphatic heterocycles. The highest BCUT2D eigenvalue weighted by Crippen LogP contribution is 2.33. The monoisotopic (exact) mass is 262 g/mol. The maximum Gasteiger partial charge on any atom is 0.255 e. The zero-order valence-corrected chi connectivity index (χ0v) is 10.8. The summed E-state index contributed by atoms with van der Waals surface area (Å²) >= 11 is 0. The summed E-state index contributed by atoms with van der Waals surface area (Å²) in [6.45, 7) is 3.47. The molecule has 0 N–H and O–H groups in total. The Kier molecular flexibility index (Phi) is 3.09. The Morgan fingerprint density at radius 3 is 1.21 bits per heavy atom. The smallest absolute Gasteiger partial charge is 0.255 e. The predicted octanol–water partition coefficient (Wildman–Crippen LogP) is 0.353. The molecule has 2 rings (SSSR count). The van der Waals surface area contributed by atoms with Crippen LogP contribution in [-0.2, 0) is 19.2 Å². The van der Waals surface area contributed by atoms with Crippen LogP contribution in [0.4, 0.5) is 0 Å². The SMILES string of the molecule is CCC(CC)(N1C(=O)C=CC1=O)N1C(=O)C=CC1=O. The van der Waals surface area contributed by atoms with Crippen LogP contribution in [0.25, 0.3) is 0 Å². The highest BCUT2D eigenvalue weighted by molar-refractivity contribution is 6.17. The second-order valence-corrected chi connectivity index (χ2v) is 4.38. The van der Waals surface area contributed by atoms with Crippen LogP contribution in [0.15, 0.2) is 24.3 Å². The van der Waals surface area contributed by atoms with Gasteiger partial charge >= 0.3 is 0 Å². The van der Waals surface area contributed by atoms with E-state index in [9.17, 15) is 19.2 Å². The molecule has 4 amide bonds. The van der Waals surface area contributed by atoms with E-state index in [1.807, 2.05) is 0 Å². The van der Waals surface area contributed by atoms with Gasteiger partial charge in [-0.3, -0.25) is 29.0 Å². The first-order valence-corrected chi connectivity index (χ1v) is 6.10. The minimum Gasteiger partial charge on any atom is -0.269 e. The molecule has 19 heavy (non-hydrogen) atoms. The van der Waals surface area contributed by atoms with E-state index < -0.39 is 29.3 Å². The van der Waals surface area contributed by atoms with E-state index in [1.165, 1.54) is 0 Å². The largest absolute Gasteiger partial charge is 0.269 e. The Morgan fingerprint density at radius 2 is 1.00 bits per heavy atom. The summed E-state index contributed by atoms with van der Waals surface area (Å²) in [6.07, 6.45) is 5.20. The third kappa shape index (κ3) is 1.71. The molecule has 0 saturated carbocycles. The van der Waals surface area contributed by atoms with Crippen LogP contribution in [0, 0.1) is 0 Å². The molecule has 2 heterocycles. The number of amides is 4. The van der Waals surface area contributed by atoms with E-state index in [0.29, 0.717) is 12.8 Å². The number of carbonyl (C=O) groups is 4. The minimum absolute atomic E-state index is 0.293. The van der Waals surface area contributed by atoms with E-state index in [1.54, 1.807) is 13.8 Å². The topological polar surface area (TPSA) is 74.8 Å². The normalized spacial score (nSPS) is 19.3. The van der Waals surface area contributed by atoms with Gasteiger partial charge in [0.2, 0.25) is 0 Å². The van der Waals surface area contributed by atoms with E-state index >= 15 is 0 Å². The Bertz CT molecular complexity index is 449. The molecular weight excluding hydrogens is 248 g/mol. The maximum absolute atomic E-state index is 11.9. The standard InChI is InChI=1S/C13H14N2O4/c1-3-13(4-2,14-9(16)5-6-10(14)17)15-11(18)7-8-12(15)19/h5-8H,3-4H2,1-2H3. The van der Waals surface area contributed by atoms with Crippen molar-refractivity contribution in [2.75, 3.05) is 0 Å². The number of imide groups is 2. The van der Waals surface area contributed by atoms with Gasteiger partial charge < -0.3 is 0 Å². The van der Waals surface area contributed by atoms with Gasteiger partial charge in [0.15, 0.2) is 0 Å². The summed E-state index contributed by atoms with van der Waals surface area (Å²) in [4.78, 5) is 49.5. The van der Waals surface area contributed by atoms with Gasteiger partial charge in [-0.15, -0.1) is 0 Å². The van der Waals surface area contributed by atoms with Crippen molar-refractivity contribution in [3.8, 4) is 0 Å². The van der Waals surface area contributed by atoms with Crippen LogP contribution in [0.1, 0.15) is 26.7 Å². The fourth-order valence-electron chi connectivity index (χ4n) is 2.60. The Hall–Kier alpha value is -2.24. The highest BCUT2D eigenvalue weighted by atomic mass is 16.2. The second-order valence-electron chi connectivity index (χ2n) is 4.38. The van der Waals surface area contributed by atoms with Gasteiger partial charge in [0.25, 0.3) is 23.6 Å². The van der Waals surface area contributed by atoms with Crippen molar-refractivity contribution in [2.45, 2.75) is 32.4 Å². The number of carbonyl (C=O) groups excluding carboxylic acids is 4. The van der Waals surface area contributed by atoms with Crippen LogP contribution in [-0.4, -0.2) is 39.1 Å². The average molecular weight is 262 g/mol. The van der Waals surface area contributed by atoms with Crippen molar-refractivity contribution in [2.24, 2.45) is 0 Å². The van der Waals surface area contributed by atoms with Crippen molar-refractivity contribution in [3.05, 3.63) is 24.3 Å². The van der Waals surface area contributed by atoms with Gasteiger partial charge in [0, 0.05) is 24.3 Å². The van der Waals surface area contributed by atoms with Gasteiger partial charge in [-0.2, -0.15) is 0 Å². The minimum atomic E-state index is -1.23. The van der Waals surface area contributed by atoms with Crippen LogP contribution < -0.4 is 0 Å². The van der Waals surface area contributed by atoms with Crippen molar-refractivity contribution in [1.82, 2.24) is 9.80 Å². The number of hydrogen-bond donors (Lipinski definition) is 0. The summed E-state index contributed by atoms with van der Waals surface area (Å²) < 4.78 is 0. The molecule has 0 unspecified atom stereocenters. The van der Waals surface area contributed by atoms with E-state index in [-0.39, 0.29) is 0 Å². The summed E-state index contributed by atoms with van der Waals surface area (Å²) in [5, 5.41) is 0. The van der Waals surface area contributed by atoms with Crippen molar-refractivity contribution < 1.29 is 19.2 Å². The lowest BCUT2D eigenvalue weighted by atomic mass is 9.98. The van der Waals surface area contributed by atoms with Crippen LogP contribution in [0.5, 0.6) is 0 Å². The van der Waals surface area contributed by atoms with Crippen LogP contribution >= 0.6 is 0 Å². The quantitative estimate of drug-likeness (QED) is 0.685. The average Bonchev–Trinajstić information content (AvgIpc) is 2.90. The number of rotatable bonds is 4. The first-order chi connectivity index (χ1) is 8.97. The molecule has 0 radical (unpaired) electrons. The molecular formula is C13H14N2O4. The summed E-state index contributed by atoms with van der Waals surface area (Å²) in [5.74, 6) is -2.00. The fraction of sp³-hybridized carbons (Fsp3) is 0.385. The maximum atomic E-state index is 11.9. The van der Waals surface area contributed by atoms with Crippen LogP contribution in [0.3, 0.4) is 0 Å². The molecule has 0 spiro atoms. The molecule has 0 atom stereocenters. The van der Waals surface area contributed by atoms with Gasteiger partial charge in [0.1, 0.15) is 5.66 Å². The zero-order chi connectivity index (χ0) is 14.2. The predicted molar refractivity (Wildman–Crippen MR) is 65.3 cm³/mol. The molecule has 6 heteroatoms. The molecule has 100 valence electrons. The molecule has 0 aromatic heterocycles. The molecule has 0 aliphatic carbocycles. The van der Waals surface area contributed by atoms with Crippen molar-refractivity contribution in [1.29, 1.82) is 0 Å². The van der Waals surface area contributed by atoms with E-state index in [4.69, 9.17) is 0 Å². The van der Waals surface area contributed by atoms with Gasteiger partial charge in [0.05, 0.1) is 0 Å². The number of hydrogen-bond acceptors (Lipinski definition) is 4. The lowest BCUT2D eigenvalue weighted by Gasteiger charge is -2.44. The first-order valence-electron chi connectivity index (χ1n) is 6.10. The fourth-order valence-corrected chi connectivity index (χ4v) is 2.60. The number of nitrogens with zero attached hydrogens (tertiary/aromatic N) is 2. The Labute approximate surface area is 110 Å². The molecule has 0 fully saturated rings. The van der Waals surface area contributed by atoms with Gasteiger partial charge in [-0.25, -0.2) is 0 Å². The molecule has 6 nitrogen and oxygen atoms in total. The van der Waals surface area contributed by atoms with Crippen molar-refractivity contribution >= 4 is 23.6 Å². The molecule has 0 saturated heterocycles. The molecule has 0 aromatic rings. The zero-order valence-electron chi connectivity index (χ0n) is 10.8. The second kappa shape index (κ2) is 4.46. The van der Waals surface area contributed by atoms with Gasteiger partial charge in [-0.1, -0.05) is 13.8 Å². The Balaban J connectivity index is 2.50. The summed E-state index contributed by atoms with van der Waals surface area (Å²) in [5.41, 5.74) is -1.23. The molecule has 2 aliphatic rings. The van der Waals surface area contributed by atoms with E-state index in [0.717, 1.165) is 34.1 Å². The van der Waals surface area contributed by atoms with Crippen molar-refractivity contribution in [3.63, 3.8) is 0 Å². The molecule has 0 aromatic carbocycles. The summed E-state index contributed by atoms with van der Waals surface area (Å²) in [7, 11) is 0. The molecule has 0 bridgehead atoms. The van der Waals surface area contributed by atoms with E-state index in [2.05, 4.69) is 0 Å². The third-order valence-electron chi connectivity index (χ3n) is 3.58. The van der Waals surface area contributed by atoms with Crippen LogP contribution in [0.2, 0.25) is 0 Å².